The smallest absolute Gasteiger partial charge is 0.419 e. The van der Waals surface area contributed by atoms with Crippen molar-refractivity contribution >= 4 is 10.0 Å². The van der Waals surface area contributed by atoms with Crippen molar-refractivity contribution in [2.75, 3.05) is 7.11 Å². The minimum atomic E-state index is -4.52. The summed E-state index contributed by atoms with van der Waals surface area (Å²) in [6.45, 7) is 0. The summed E-state index contributed by atoms with van der Waals surface area (Å²) in [6, 6.07) is 16.8. The highest BCUT2D eigenvalue weighted by atomic mass is 32.2. The van der Waals surface area contributed by atoms with Crippen LogP contribution in [0, 0.1) is 0 Å². The normalized spacial score (nSPS) is 12.0. The SMILES string of the molecule is COc1cc(-c2ccccc2-c2ccc(S(N)(=O)=O)cc2)ccc1C(F)(F)F. The Hall–Kier alpha value is -2.84. The van der Waals surface area contributed by atoms with Crippen LogP contribution in [-0.4, -0.2) is 15.5 Å². The van der Waals surface area contributed by atoms with Gasteiger partial charge in [0, 0.05) is 0 Å². The minimum absolute atomic E-state index is 0.0232. The Bertz CT molecular complexity index is 1110. The van der Waals surface area contributed by atoms with E-state index < -0.39 is 21.8 Å². The first-order valence-corrected chi connectivity index (χ1v) is 9.64. The summed E-state index contributed by atoms with van der Waals surface area (Å²) in [5.74, 6) is -0.274. The molecule has 3 aromatic rings. The number of halogens is 3. The number of benzene rings is 3. The number of sulfonamides is 1. The van der Waals surface area contributed by atoms with Crippen molar-refractivity contribution in [1.29, 1.82) is 0 Å². The van der Waals surface area contributed by atoms with Crippen molar-refractivity contribution in [3.8, 4) is 28.0 Å². The highest BCUT2D eigenvalue weighted by molar-refractivity contribution is 7.89. The number of hydrogen-bond acceptors (Lipinski definition) is 3. The van der Waals surface area contributed by atoms with Gasteiger partial charge in [0.15, 0.2) is 0 Å². The maximum absolute atomic E-state index is 13.1. The number of nitrogens with two attached hydrogens (primary N) is 1. The first-order chi connectivity index (χ1) is 13.1. The van der Waals surface area contributed by atoms with Gasteiger partial charge in [-0.25, -0.2) is 13.6 Å². The Balaban J connectivity index is 2.11. The molecule has 0 fully saturated rings. The summed E-state index contributed by atoms with van der Waals surface area (Å²) in [6.07, 6.45) is -4.52. The van der Waals surface area contributed by atoms with E-state index in [4.69, 9.17) is 9.88 Å². The van der Waals surface area contributed by atoms with E-state index >= 15 is 0 Å². The van der Waals surface area contributed by atoms with Gasteiger partial charge in [0.2, 0.25) is 10.0 Å². The quantitative estimate of drug-likeness (QED) is 0.682. The Labute approximate surface area is 160 Å². The largest absolute Gasteiger partial charge is 0.496 e. The van der Waals surface area contributed by atoms with Crippen LogP contribution in [-0.2, 0) is 16.2 Å². The molecule has 0 aromatic heterocycles. The van der Waals surface area contributed by atoms with Gasteiger partial charge in [0.1, 0.15) is 5.75 Å². The van der Waals surface area contributed by atoms with Crippen molar-refractivity contribution < 1.29 is 26.3 Å². The monoisotopic (exact) mass is 407 g/mol. The molecule has 0 saturated carbocycles. The van der Waals surface area contributed by atoms with Crippen LogP contribution in [0.15, 0.2) is 71.6 Å². The lowest BCUT2D eigenvalue weighted by atomic mass is 9.94. The molecule has 146 valence electrons. The van der Waals surface area contributed by atoms with Crippen LogP contribution < -0.4 is 9.88 Å². The number of methoxy groups -OCH3 is 1. The average molecular weight is 407 g/mol. The minimum Gasteiger partial charge on any atom is -0.496 e. The third-order valence-corrected chi connectivity index (χ3v) is 5.17. The Morgan fingerprint density at radius 3 is 1.89 bits per heavy atom. The van der Waals surface area contributed by atoms with E-state index in [1.807, 2.05) is 0 Å². The molecule has 0 unspecified atom stereocenters. The fourth-order valence-electron chi connectivity index (χ4n) is 2.90. The van der Waals surface area contributed by atoms with Gasteiger partial charge in [-0.1, -0.05) is 42.5 Å². The van der Waals surface area contributed by atoms with Gasteiger partial charge in [0.25, 0.3) is 0 Å². The second kappa shape index (κ2) is 7.29. The van der Waals surface area contributed by atoms with Crippen LogP contribution in [0.1, 0.15) is 5.56 Å². The summed E-state index contributed by atoms with van der Waals surface area (Å²) < 4.78 is 67.1. The molecular weight excluding hydrogens is 391 g/mol. The van der Waals surface area contributed by atoms with Crippen molar-refractivity contribution in [2.24, 2.45) is 5.14 Å². The molecule has 0 amide bonds. The van der Waals surface area contributed by atoms with Gasteiger partial charge in [-0.05, 0) is 46.5 Å². The highest BCUT2D eigenvalue weighted by Crippen LogP contribution is 2.40. The van der Waals surface area contributed by atoms with Gasteiger partial charge < -0.3 is 4.74 Å². The standard InChI is InChI=1S/C20H16F3NO3S/c1-27-19-12-14(8-11-18(19)20(21,22)23)17-5-3-2-4-16(17)13-6-9-15(10-7-13)28(24,25)26/h2-12H,1H3,(H2,24,25,26). The van der Waals surface area contributed by atoms with Crippen molar-refractivity contribution in [3.63, 3.8) is 0 Å². The highest BCUT2D eigenvalue weighted by Gasteiger charge is 2.34. The Kier molecular flexibility index (Phi) is 5.18. The topological polar surface area (TPSA) is 69.4 Å². The predicted molar refractivity (Wildman–Crippen MR) is 100 cm³/mol. The van der Waals surface area contributed by atoms with Crippen molar-refractivity contribution in [3.05, 3.63) is 72.3 Å². The fraction of sp³-hybridized carbons (Fsp3) is 0.100. The summed E-state index contributed by atoms with van der Waals surface area (Å²) in [5, 5.41) is 5.11. The maximum Gasteiger partial charge on any atom is 0.419 e. The van der Waals surface area contributed by atoms with Gasteiger partial charge in [-0.15, -0.1) is 0 Å². The number of primary sulfonamides is 1. The van der Waals surface area contributed by atoms with E-state index in [0.29, 0.717) is 16.7 Å². The van der Waals surface area contributed by atoms with Crippen LogP contribution in [0.2, 0.25) is 0 Å². The molecular formula is C20H16F3NO3S. The molecule has 0 aliphatic heterocycles. The molecule has 2 N–H and O–H groups in total. The van der Waals surface area contributed by atoms with Crippen LogP contribution in [0.4, 0.5) is 13.2 Å². The number of alkyl halides is 3. The molecule has 0 aliphatic carbocycles. The number of ether oxygens (including phenoxy) is 1. The Morgan fingerprint density at radius 1 is 0.857 bits per heavy atom. The lowest BCUT2D eigenvalue weighted by Gasteiger charge is -2.15. The van der Waals surface area contributed by atoms with Gasteiger partial charge in [-0.3, -0.25) is 0 Å². The Morgan fingerprint density at radius 2 is 1.39 bits per heavy atom. The third-order valence-electron chi connectivity index (χ3n) is 4.24. The molecule has 28 heavy (non-hydrogen) atoms. The molecule has 4 nitrogen and oxygen atoms in total. The van der Waals surface area contributed by atoms with E-state index in [9.17, 15) is 21.6 Å². The molecule has 3 aromatic carbocycles. The van der Waals surface area contributed by atoms with Crippen LogP contribution in [0.3, 0.4) is 0 Å². The second-order valence-electron chi connectivity index (χ2n) is 6.03. The molecule has 0 radical (unpaired) electrons. The van der Waals surface area contributed by atoms with Gasteiger partial charge in [-0.2, -0.15) is 13.2 Å². The molecule has 8 heteroatoms. The summed E-state index contributed by atoms with van der Waals surface area (Å²) in [7, 11) is -2.63. The van der Waals surface area contributed by atoms with Crippen molar-refractivity contribution in [2.45, 2.75) is 11.1 Å². The van der Waals surface area contributed by atoms with Gasteiger partial charge in [0.05, 0.1) is 17.6 Å². The lowest BCUT2D eigenvalue weighted by molar-refractivity contribution is -0.138. The number of rotatable bonds is 4. The van der Waals surface area contributed by atoms with E-state index in [2.05, 4.69) is 0 Å². The zero-order chi connectivity index (χ0) is 20.5. The maximum atomic E-state index is 13.1. The lowest BCUT2D eigenvalue weighted by Crippen LogP contribution is -2.11. The van der Waals surface area contributed by atoms with Crippen LogP contribution >= 0.6 is 0 Å². The molecule has 0 spiro atoms. The first kappa shape index (κ1) is 19.9. The molecule has 0 heterocycles. The van der Waals surface area contributed by atoms with E-state index in [1.165, 1.54) is 31.4 Å². The van der Waals surface area contributed by atoms with E-state index in [-0.39, 0.29) is 10.6 Å². The van der Waals surface area contributed by atoms with Crippen LogP contribution in [0.5, 0.6) is 5.75 Å². The van der Waals surface area contributed by atoms with Crippen molar-refractivity contribution in [1.82, 2.24) is 0 Å². The second-order valence-corrected chi connectivity index (χ2v) is 7.59. The zero-order valence-corrected chi connectivity index (χ0v) is 15.5. The predicted octanol–water partition coefficient (Wildman–Crippen LogP) is 4.70. The summed E-state index contributed by atoms with van der Waals surface area (Å²) in [4.78, 5) is -0.0232. The summed E-state index contributed by atoms with van der Waals surface area (Å²) in [5.41, 5.74) is 1.79. The fourth-order valence-corrected chi connectivity index (χ4v) is 3.42. The molecule has 0 saturated heterocycles. The molecule has 0 atom stereocenters. The third kappa shape index (κ3) is 4.02. The van der Waals surface area contributed by atoms with E-state index in [0.717, 1.165) is 11.6 Å². The zero-order valence-electron chi connectivity index (χ0n) is 14.7. The van der Waals surface area contributed by atoms with Crippen LogP contribution in [0.25, 0.3) is 22.3 Å². The molecule has 0 aliphatic rings. The van der Waals surface area contributed by atoms with Gasteiger partial charge >= 0.3 is 6.18 Å². The number of hydrogen-bond donors (Lipinski definition) is 1. The summed E-state index contributed by atoms with van der Waals surface area (Å²) >= 11 is 0. The molecule has 3 rings (SSSR count). The van der Waals surface area contributed by atoms with E-state index in [1.54, 1.807) is 36.4 Å². The average Bonchev–Trinajstić information content (AvgIpc) is 2.66. The first-order valence-electron chi connectivity index (χ1n) is 8.09. The molecule has 0 bridgehead atoms.